The average molecular weight is 213 g/mol. The second-order valence-corrected chi connectivity index (χ2v) is 3.40. The van der Waals surface area contributed by atoms with Crippen LogP contribution in [0, 0.1) is 5.92 Å². The topological polar surface area (TPSA) is 32.3 Å². The molecule has 0 heterocycles. The monoisotopic (exact) mass is 213 g/mol. The molecule has 0 aromatic carbocycles. The van der Waals surface area contributed by atoms with E-state index in [-0.39, 0.29) is 0 Å². The van der Waals surface area contributed by atoms with Crippen LogP contribution in [0.5, 0.6) is 0 Å². The minimum atomic E-state index is -4.51. The summed E-state index contributed by atoms with van der Waals surface area (Å²) in [5, 5.41) is 11.3. The number of alkyl halides is 3. The molecule has 14 heavy (non-hydrogen) atoms. The summed E-state index contributed by atoms with van der Waals surface area (Å²) in [7, 11) is 0. The fraction of sp³-hybridized carbons (Fsp3) is 1.00. The van der Waals surface area contributed by atoms with Crippen molar-refractivity contribution in [3.05, 3.63) is 0 Å². The van der Waals surface area contributed by atoms with Crippen LogP contribution in [0.15, 0.2) is 0 Å². The van der Waals surface area contributed by atoms with Gasteiger partial charge in [-0.05, 0) is 12.5 Å². The quantitative estimate of drug-likeness (QED) is 0.706. The maximum atomic E-state index is 11.8. The molecular weight excluding hydrogens is 195 g/mol. The zero-order valence-electron chi connectivity index (χ0n) is 8.56. The van der Waals surface area contributed by atoms with Crippen molar-refractivity contribution >= 4 is 0 Å². The maximum absolute atomic E-state index is 11.8. The van der Waals surface area contributed by atoms with Crippen molar-refractivity contribution in [2.45, 2.75) is 39.0 Å². The summed E-state index contributed by atoms with van der Waals surface area (Å²) in [6.07, 6.45) is -4.89. The van der Waals surface area contributed by atoms with E-state index in [0.717, 1.165) is 12.8 Å². The van der Waals surface area contributed by atoms with Crippen LogP contribution in [0.4, 0.5) is 13.2 Å². The Balaban J connectivity index is 3.63. The molecule has 0 saturated heterocycles. The molecule has 0 aromatic heterocycles. The highest BCUT2D eigenvalue weighted by molar-refractivity contribution is 4.69. The molecule has 0 fully saturated rings. The number of aliphatic hydroxyl groups excluding tert-OH is 1. The number of nitrogens with one attached hydrogen (secondary N) is 1. The Morgan fingerprint density at radius 3 is 2.00 bits per heavy atom. The van der Waals surface area contributed by atoms with Crippen LogP contribution >= 0.6 is 0 Å². The fourth-order valence-corrected chi connectivity index (χ4v) is 1.12. The van der Waals surface area contributed by atoms with Gasteiger partial charge in [-0.25, -0.2) is 0 Å². The lowest BCUT2D eigenvalue weighted by atomic mass is 10.0. The first kappa shape index (κ1) is 13.7. The second kappa shape index (κ2) is 6.24. The number of hydrogen-bond acceptors (Lipinski definition) is 2. The normalized spacial score (nSPS) is 14.8. The van der Waals surface area contributed by atoms with Gasteiger partial charge in [0.2, 0.25) is 0 Å². The Hall–Kier alpha value is -0.290. The van der Waals surface area contributed by atoms with Gasteiger partial charge < -0.3 is 10.4 Å². The molecule has 0 spiro atoms. The van der Waals surface area contributed by atoms with Gasteiger partial charge in [-0.15, -0.1) is 0 Å². The number of aliphatic hydroxyl groups is 1. The molecule has 1 atom stereocenters. The lowest BCUT2D eigenvalue weighted by Gasteiger charge is -2.17. The summed E-state index contributed by atoms with van der Waals surface area (Å²) in [6, 6.07) is 0. The Kier molecular flexibility index (Phi) is 6.11. The lowest BCUT2D eigenvalue weighted by molar-refractivity contribution is -0.201. The third kappa shape index (κ3) is 5.44. The summed E-state index contributed by atoms with van der Waals surface area (Å²) >= 11 is 0. The highest BCUT2D eigenvalue weighted by Gasteiger charge is 2.37. The first-order valence-electron chi connectivity index (χ1n) is 4.87. The maximum Gasteiger partial charge on any atom is 0.415 e. The number of rotatable bonds is 6. The second-order valence-electron chi connectivity index (χ2n) is 3.40. The number of halogens is 3. The first-order chi connectivity index (χ1) is 6.41. The molecule has 86 valence electrons. The van der Waals surface area contributed by atoms with Crippen LogP contribution in [0.25, 0.3) is 0 Å². The van der Waals surface area contributed by atoms with E-state index in [4.69, 9.17) is 5.11 Å². The summed E-state index contributed by atoms with van der Waals surface area (Å²) in [5.41, 5.74) is 0. The van der Waals surface area contributed by atoms with Gasteiger partial charge in [0.1, 0.15) is 0 Å². The SMILES string of the molecule is CCC(CC)CNCC(O)C(F)(F)F. The third-order valence-corrected chi connectivity index (χ3v) is 2.30. The van der Waals surface area contributed by atoms with Gasteiger partial charge in [0.25, 0.3) is 0 Å². The van der Waals surface area contributed by atoms with Gasteiger partial charge >= 0.3 is 6.18 Å². The van der Waals surface area contributed by atoms with Crippen LogP contribution < -0.4 is 5.32 Å². The zero-order chi connectivity index (χ0) is 11.2. The van der Waals surface area contributed by atoms with E-state index in [0.29, 0.717) is 12.5 Å². The molecule has 0 aliphatic rings. The van der Waals surface area contributed by atoms with Crippen LogP contribution in [-0.4, -0.2) is 30.5 Å². The smallest absolute Gasteiger partial charge is 0.382 e. The van der Waals surface area contributed by atoms with Gasteiger partial charge in [0.05, 0.1) is 0 Å². The fourth-order valence-electron chi connectivity index (χ4n) is 1.12. The molecule has 0 bridgehead atoms. The van der Waals surface area contributed by atoms with Gasteiger partial charge in [-0.3, -0.25) is 0 Å². The van der Waals surface area contributed by atoms with Gasteiger partial charge in [-0.1, -0.05) is 26.7 Å². The van der Waals surface area contributed by atoms with E-state index >= 15 is 0 Å². The molecular formula is C9H18F3NO. The van der Waals surface area contributed by atoms with Crippen molar-refractivity contribution in [2.75, 3.05) is 13.1 Å². The standard InChI is InChI=1S/C9H18F3NO/c1-3-7(4-2)5-13-6-8(14)9(10,11)12/h7-8,13-14H,3-6H2,1-2H3. The summed E-state index contributed by atoms with van der Waals surface area (Å²) < 4.78 is 35.5. The first-order valence-corrected chi connectivity index (χ1v) is 4.87. The molecule has 0 aliphatic heterocycles. The van der Waals surface area contributed by atoms with Gasteiger partial charge in [0.15, 0.2) is 6.10 Å². The van der Waals surface area contributed by atoms with Crippen LogP contribution in [0.1, 0.15) is 26.7 Å². The minimum absolute atomic E-state index is 0.385. The highest BCUT2D eigenvalue weighted by Crippen LogP contribution is 2.19. The van der Waals surface area contributed by atoms with E-state index in [2.05, 4.69) is 5.32 Å². The molecule has 5 heteroatoms. The lowest BCUT2D eigenvalue weighted by Crippen LogP contribution is -2.39. The Morgan fingerprint density at radius 1 is 1.14 bits per heavy atom. The Labute approximate surface area is 82.5 Å². The minimum Gasteiger partial charge on any atom is -0.382 e. The Bertz CT molecular complexity index is 145. The van der Waals surface area contributed by atoms with Crippen LogP contribution in [0.3, 0.4) is 0 Å². The third-order valence-electron chi connectivity index (χ3n) is 2.30. The van der Waals surface area contributed by atoms with E-state index in [1.54, 1.807) is 0 Å². The predicted octanol–water partition coefficient (Wildman–Crippen LogP) is 1.94. The van der Waals surface area contributed by atoms with Crippen molar-refractivity contribution in [3.8, 4) is 0 Å². The summed E-state index contributed by atoms with van der Waals surface area (Å²) in [6.45, 7) is 4.10. The number of hydrogen-bond donors (Lipinski definition) is 2. The van der Waals surface area contributed by atoms with Crippen molar-refractivity contribution in [1.82, 2.24) is 5.32 Å². The van der Waals surface area contributed by atoms with E-state index < -0.39 is 18.8 Å². The van der Waals surface area contributed by atoms with Crippen LogP contribution in [0.2, 0.25) is 0 Å². The molecule has 1 unspecified atom stereocenters. The largest absolute Gasteiger partial charge is 0.415 e. The molecule has 2 N–H and O–H groups in total. The van der Waals surface area contributed by atoms with Crippen molar-refractivity contribution in [1.29, 1.82) is 0 Å². The van der Waals surface area contributed by atoms with Crippen LogP contribution in [-0.2, 0) is 0 Å². The van der Waals surface area contributed by atoms with Crippen molar-refractivity contribution in [2.24, 2.45) is 5.92 Å². The highest BCUT2D eigenvalue weighted by atomic mass is 19.4. The van der Waals surface area contributed by atoms with E-state index in [1.807, 2.05) is 13.8 Å². The van der Waals surface area contributed by atoms with E-state index in [9.17, 15) is 13.2 Å². The molecule has 2 nitrogen and oxygen atoms in total. The average Bonchev–Trinajstić information content (AvgIpc) is 2.10. The summed E-state index contributed by atoms with van der Waals surface area (Å²) in [4.78, 5) is 0. The predicted molar refractivity (Wildman–Crippen MR) is 49.0 cm³/mol. The van der Waals surface area contributed by atoms with Gasteiger partial charge in [0, 0.05) is 6.54 Å². The van der Waals surface area contributed by atoms with E-state index in [1.165, 1.54) is 0 Å². The summed E-state index contributed by atoms with van der Waals surface area (Å²) in [5.74, 6) is 0.385. The molecule has 0 amide bonds. The van der Waals surface area contributed by atoms with Crippen molar-refractivity contribution in [3.63, 3.8) is 0 Å². The molecule has 0 radical (unpaired) electrons. The van der Waals surface area contributed by atoms with Crippen molar-refractivity contribution < 1.29 is 18.3 Å². The molecule has 0 saturated carbocycles. The molecule has 0 rings (SSSR count). The van der Waals surface area contributed by atoms with Gasteiger partial charge in [-0.2, -0.15) is 13.2 Å². The molecule has 0 aliphatic carbocycles. The Morgan fingerprint density at radius 2 is 1.64 bits per heavy atom. The zero-order valence-corrected chi connectivity index (χ0v) is 8.56. The molecule has 0 aromatic rings.